The van der Waals surface area contributed by atoms with Crippen molar-refractivity contribution in [2.24, 2.45) is 5.41 Å². The first-order valence-electron chi connectivity index (χ1n) is 27.3. The highest BCUT2D eigenvalue weighted by Gasteiger charge is 2.44. The number of hydrogen-bond acceptors (Lipinski definition) is 12. The number of aliphatic hydroxyl groups excluding tert-OH is 1. The number of carbonyl (C=O) groups is 6. The van der Waals surface area contributed by atoms with Crippen molar-refractivity contribution in [1.82, 2.24) is 50.7 Å². The Morgan fingerprint density at radius 3 is 2.27 bits per heavy atom. The Morgan fingerprint density at radius 1 is 0.831 bits per heavy atom. The summed E-state index contributed by atoms with van der Waals surface area (Å²) >= 11 is 1.56. The lowest BCUT2D eigenvalue weighted by molar-refractivity contribution is -0.144. The van der Waals surface area contributed by atoms with Crippen LogP contribution in [0.2, 0.25) is 0 Å². The van der Waals surface area contributed by atoms with E-state index in [1.165, 1.54) is 28.6 Å². The van der Waals surface area contributed by atoms with Gasteiger partial charge in [0, 0.05) is 92.7 Å². The number of carbonyl (C=O) groups excluding carboxylic acids is 6. The van der Waals surface area contributed by atoms with Gasteiger partial charge in [-0.1, -0.05) is 57.2 Å². The predicted octanol–water partition coefficient (Wildman–Crippen LogP) is 7.89. The van der Waals surface area contributed by atoms with Crippen LogP contribution in [0.1, 0.15) is 79.2 Å². The first kappa shape index (κ1) is 59.0. The number of benzene rings is 4. The van der Waals surface area contributed by atoms with Crippen LogP contribution in [0.15, 0.2) is 103 Å². The van der Waals surface area contributed by atoms with Crippen molar-refractivity contribution in [3.8, 4) is 21.6 Å². The molecule has 2 saturated heterocycles. The highest BCUT2D eigenvalue weighted by molar-refractivity contribution is 7.13. The SMILES string of the molecule is Cc1ccc(NC(=O)Cn2cc(-c3ccc4c(NC(=O)c5ccc(N6CCN(C(=O)NCCCCC(=O)N[C@H](C(=O)N7C[C@H](O)C[C@H]7C(=O)NCc7ccc(-c8scnc8C)cc7)C(C)(C)C)CC6)cc5)n[nH]c4c3)cn2)cc1C(F)(F)F. The molecule has 0 spiro atoms. The highest BCUT2D eigenvalue weighted by atomic mass is 32.1. The van der Waals surface area contributed by atoms with Crippen LogP contribution in [0.5, 0.6) is 0 Å². The molecule has 0 unspecified atom stereocenters. The van der Waals surface area contributed by atoms with E-state index in [9.17, 15) is 47.0 Å². The number of nitrogens with zero attached hydrogens (tertiary/aromatic N) is 7. The molecular formula is C59H66F3N13O7S. The second-order valence-electron chi connectivity index (χ2n) is 21.9. The van der Waals surface area contributed by atoms with Crippen LogP contribution in [0.3, 0.4) is 0 Å². The van der Waals surface area contributed by atoms with Crippen LogP contribution in [-0.2, 0) is 38.4 Å². The van der Waals surface area contributed by atoms with Crippen molar-refractivity contribution < 1.29 is 47.0 Å². The van der Waals surface area contributed by atoms with E-state index in [1.54, 1.807) is 52.3 Å². The maximum Gasteiger partial charge on any atom is 0.416 e. The molecule has 0 saturated carbocycles. The molecule has 20 nitrogen and oxygen atoms in total. The summed E-state index contributed by atoms with van der Waals surface area (Å²) in [6, 6.07) is 22.0. The number of unbranched alkanes of at least 4 members (excludes halogenated alkanes) is 1. The topological polar surface area (TPSA) is 252 Å². The number of amides is 7. The molecule has 2 aliphatic rings. The largest absolute Gasteiger partial charge is 0.416 e. The Labute approximate surface area is 481 Å². The fourth-order valence-electron chi connectivity index (χ4n) is 10.1. The molecule has 7 amide bonds. The van der Waals surface area contributed by atoms with Crippen LogP contribution >= 0.6 is 11.3 Å². The van der Waals surface area contributed by atoms with Crippen molar-refractivity contribution >= 4 is 75.0 Å². The van der Waals surface area contributed by atoms with E-state index in [-0.39, 0.29) is 67.5 Å². The third-order valence-corrected chi connectivity index (χ3v) is 15.8. The van der Waals surface area contributed by atoms with E-state index in [0.717, 1.165) is 39.0 Å². The molecule has 436 valence electrons. The summed E-state index contributed by atoms with van der Waals surface area (Å²) in [6.45, 7) is 11.2. The van der Waals surface area contributed by atoms with Crippen LogP contribution in [0.25, 0.3) is 32.5 Å². The third-order valence-electron chi connectivity index (χ3n) is 14.8. The normalized spacial score (nSPS) is 15.9. The van der Waals surface area contributed by atoms with Crippen LogP contribution in [0.4, 0.5) is 35.2 Å². The van der Waals surface area contributed by atoms with Gasteiger partial charge in [0.15, 0.2) is 5.82 Å². The summed E-state index contributed by atoms with van der Waals surface area (Å²) in [4.78, 5) is 90.7. The number of nitrogens with one attached hydrogen (secondary N) is 6. The third kappa shape index (κ3) is 14.5. The maximum absolute atomic E-state index is 14.1. The van der Waals surface area contributed by atoms with Gasteiger partial charge in [0.1, 0.15) is 18.6 Å². The molecule has 0 aliphatic carbocycles. The number of β-amino-alcohol motifs (C(OH)–C–C–N with tert-alkyl or cyclic N) is 1. The van der Waals surface area contributed by atoms with Crippen molar-refractivity contribution in [3.05, 3.63) is 131 Å². The number of hydrogen-bond donors (Lipinski definition) is 7. The summed E-state index contributed by atoms with van der Waals surface area (Å²) in [6.07, 6.45) is -1.05. The fourth-order valence-corrected chi connectivity index (χ4v) is 11.0. The number of thiazole rings is 1. The number of aryl methyl sites for hydroxylation is 2. The molecule has 5 heterocycles. The number of rotatable bonds is 18. The summed E-state index contributed by atoms with van der Waals surface area (Å²) in [5.74, 6) is -1.74. The zero-order valence-corrected chi connectivity index (χ0v) is 47.4. The number of piperazine rings is 1. The molecule has 9 rings (SSSR count). The first-order chi connectivity index (χ1) is 39.6. The van der Waals surface area contributed by atoms with E-state index >= 15 is 0 Å². The summed E-state index contributed by atoms with van der Waals surface area (Å²) in [7, 11) is 0. The van der Waals surface area contributed by atoms with E-state index < -0.39 is 47.2 Å². The standard InChI is InChI=1S/C59H66F3N13O7S/c1-35-9-17-42(27-46(35)59(60,61)62)67-50(78)33-74-31-41(30-66-74)40-16-20-45-47(26-40)70-71-53(45)69-54(79)39-14-18-43(19-15-39)72-22-24-73(25-23-72)57(82)63-21-7-6-8-49(77)68-52(58(3,4)5)56(81)75-32-44(76)28-48(75)55(80)64-29-37-10-12-38(13-11-37)51-36(2)65-34-83-51/h9-20,26-27,30-31,34,44,48,52,76H,6-8,21-25,28-29,32-33H2,1-5H3,(H,63,82)(H,64,80)(H,67,78)(H,68,77)(H2,69,70,71,79)/t44-,48+,52-/m1/s1. The lowest BCUT2D eigenvalue weighted by Gasteiger charge is -2.36. The average molecular weight is 1160 g/mol. The Bertz CT molecular complexity index is 3490. The van der Waals surface area contributed by atoms with E-state index in [1.807, 2.05) is 76.2 Å². The van der Waals surface area contributed by atoms with Crippen molar-refractivity contribution in [2.45, 2.75) is 97.8 Å². The molecule has 7 N–H and O–H groups in total. The molecule has 24 heteroatoms. The molecule has 2 fully saturated rings. The lowest BCUT2D eigenvalue weighted by Crippen LogP contribution is -2.57. The summed E-state index contributed by atoms with van der Waals surface area (Å²) in [5.41, 5.74) is 6.56. The van der Waals surface area contributed by atoms with Crippen molar-refractivity contribution in [1.29, 1.82) is 0 Å². The molecule has 0 bridgehead atoms. The second-order valence-corrected chi connectivity index (χ2v) is 22.8. The van der Waals surface area contributed by atoms with Gasteiger partial charge in [-0.2, -0.15) is 23.4 Å². The minimum Gasteiger partial charge on any atom is -0.391 e. The molecule has 3 aromatic heterocycles. The van der Waals surface area contributed by atoms with Crippen molar-refractivity contribution in [3.63, 3.8) is 0 Å². The number of alkyl halides is 3. The number of likely N-dealkylation sites (tertiary alicyclic amines) is 1. The molecule has 0 radical (unpaired) electrons. The Hall–Kier alpha value is -8.64. The Morgan fingerprint density at radius 2 is 1.57 bits per heavy atom. The number of aromatic amines is 1. The van der Waals surface area contributed by atoms with Gasteiger partial charge in [0.25, 0.3) is 5.91 Å². The fraction of sp³-hybridized carbons (Fsp3) is 0.373. The van der Waals surface area contributed by atoms with Gasteiger partial charge < -0.3 is 46.4 Å². The molecular weight excluding hydrogens is 1090 g/mol. The quantitative estimate of drug-likeness (QED) is 0.0407. The van der Waals surface area contributed by atoms with Gasteiger partial charge in [-0.05, 0) is 103 Å². The molecule has 7 aromatic rings. The second kappa shape index (κ2) is 25.2. The van der Waals surface area contributed by atoms with Gasteiger partial charge in [-0.3, -0.25) is 33.8 Å². The first-order valence-corrected chi connectivity index (χ1v) is 28.2. The Kier molecular flexibility index (Phi) is 17.9. The molecule has 83 heavy (non-hydrogen) atoms. The van der Waals surface area contributed by atoms with Gasteiger partial charge in [0.05, 0.1) is 39.5 Å². The molecule has 3 atom stereocenters. The minimum absolute atomic E-state index is 0.0256. The number of fused-ring (bicyclic) bond motifs is 1. The molecule has 2 aliphatic heterocycles. The number of urea groups is 1. The monoisotopic (exact) mass is 1160 g/mol. The number of H-pyrrole nitrogens is 1. The number of halogens is 3. The van der Waals surface area contributed by atoms with E-state index in [0.29, 0.717) is 73.4 Å². The van der Waals surface area contributed by atoms with E-state index in [4.69, 9.17) is 0 Å². The lowest BCUT2D eigenvalue weighted by atomic mass is 9.85. The summed E-state index contributed by atoms with van der Waals surface area (Å²) in [5, 5.41) is 36.9. The average Bonchev–Trinajstić information content (AvgIpc) is 4.38. The predicted molar refractivity (Wildman–Crippen MR) is 309 cm³/mol. The van der Waals surface area contributed by atoms with E-state index in [2.05, 4.69) is 51.8 Å². The maximum atomic E-state index is 14.1. The Balaban J connectivity index is 0.675. The van der Waals surface area contributed by atoms with Gasteiger partial charge in [-0.15, -0.1) is 11.3 Å². The smallest absolute Gasteiger partial charge is 0.391 e. The van der Waals surface area contributed by atoms with Crippen LogP contribution in [0, 0.1) is 19.3 Å². The van der Waals surface area contributed by atoms with Crippen LogP contribution in [-0.4, -0.2) is 133 Å². The van der Waals surface area contributed by atoms with Gasteiger partial charge in [-0.25, -0.2) is 9.78 Å². The summed E-state index contributed by atoms with van der Waals surface area (Å²) < 4.78 is 41.5. The van der Waals surface area contributed by atoms with Crippen LogP contribution < -0.4 is 31.5 Å². The zero-order chi connectivity index (χ0) is 59.2. The van der Waals surface area contributed by atoms with Gasteiger partial charge >= 0.3 is 12.2 Å². The highest BCUT2D eigenvalue weighted by Crippen LogP contribution is 2.34. The molecule has 4 aromatic carbocycles. The number of aliphatic hydroxyl groups is 1. The minimum atomic E-state index is -4.55. The van der Waals surface area contributed by atoms with Gasteiger partial charge in [0.2, 0.25) is 23.6 Å². The number of aromatic nitrogens is 5. The zero-order valence-electron chi connectivity index (χ0n) is 46.6. The van der Waals surface area contributed by atoms with Crippen molar-refractivity contribution in [2.75, 3.05) is 54.8 Å². The number of anilines is 3.